The average molecular weight is 319 g/mol. The summed E-state index contributed by atoms with van der Waals surface area (Å²) in [6.07, 6.45) is 0.301. The molecule has 1 aromatic heterocycles. The molecule has 2 amide bonds. The maximum atomic E-state index is 11.6. The van der Waals surface area contributed by atoms with Gasteiger partial charge in [0.15, 0.2) is 0 Å². The minimum absolute atomic E-state index is 0.0493. The second-order valence-corrected chi connectivity index (χ2v) is 6.16. The van der Waals surface area contributed by atoms with Gasteiger partial charge in [-0.3, -0.25) is 9.59 Å². The monoisotopic (exact) mass is 318 g/mol. The number of hydrogen-bond donors (Lipinski definition) is 2. The van der Waals surface area contributed by atoms with Crippen molar-refractivity contribution in [3.05, 3.63) is 20.8 Å². The smallest absolute Gasteiger partial charge is 0.252 e. The van der Waals surface area contributed by atoms with Gasteiger partial charge in [-0.25, -0.2) is 0 Å². The van der Waals surface area contributed by atoms with E-state index in [0.29, 0.717) is 18.5 Å². The van der Waals surface area contributed by atoms with Gasteiger partial charge in [0, 0.05) is 24.4 Å². The molecule has 0 radical (unpaired) electrons. The fourth-order valence-corrected chi connectivity index (χ4v) is 2.35. The van der Waals surface area contributed by atoms with E-state index in [0.717, 1.165) is 3.79 Å². The van der Waals surface area contributed by atoms with Crippen LogP contribution in [0.1, 0.15) is 30.6 Å². The van der Waals surface area contributed by atoms with E-state index in [1.807, 2.05) is 13.8 Å². The van der Waals surface area contributed by atoms with E-state index in [2.05, 4.69) is 26.6 Å². The minimum Gasteiger partial charge on any atom is -0.354 e. The third kappa shape index (κ3) is 5.32. The van der Waals surface area contributed by atoms with Crippen molar-refractivity contribution in [1.82, 2.24) is 10.6 Å². The normalized spacial score (nSPS) is 10.4. The van der Waals surface area contributed by atoms with Crippen LogP contribution in [0.4, 0.5) is 0 Å². The zero-order valence-corrected chi connectivity index (χ0v) is 12.2. The lowest BCUT2D eigenvalue weighted by molar-refractivity contribution is -0.121. The Labute approximate surface area is 113 Å². The molecule has 1 rings (SSSR count). The Morgan fingerprint density at radius 1 is 1.47 bits per heavy atom. The van der Waals surface area contributed by atoms with Gasteiger partial charge in [-0.1, -0.05) is 0 Å². The largest absolute Gasteiger partial charge is 0.354 e. The summed E-state index contributed by atoms with van der Waals surface area (Å²) >= 11 is 4.75. The summed E-state index contributed by atoms with van der Waals surface area (Å²) < 4.78 is 0.917. The van der Waals surface area contributed by atoms with E-state index in [1.165, 1.54) is 11.3 Å². The summed E-state index contributed by atoms with van der Waals surface area (Å²) in [4.78, 5) is 22.9. The van der Waals surface area contributed by atoms with Gasteiger partial charge in [0.2, 0.25) is 5.91 Å². The molecule has 0 atom stereocenters. The third-order valence-corrected chi connectivity index (χ3v) is 3.42. The van der Waals surface area contributed by atoms with Crippen molar-refractivity contribution in [3.8, 4) is 0 Å². The summed E-state index contributed by atoms with van der Waals surface area (Å²) in [6, 6.07) is 1.89. The van der Waals surface area contributed by atoms with Gasteiger partial charge < -0.3 is 10.6 Å². The van der Waals surface area contributed by atoms with Crippen LogP contribution in [0, 0.1) is 0 Å². The van der Waals surface area contributed by atoms with Crippen LogP contribution >= 0.6 is 27.3 Å². The number of rotatable bonds is 5. The molecule has 0 unspecified atom stereocenters. The van der Waals surface area contributed by atoms with E-state index in [1.54, 1.807) is 11.4 Å². The lowest BCUT2D eigenvalue weighted by Gasteiger charge is -2.08. The molecular weight excluding hydrogens is 304 g/mol. The quantitative estimate of drug-likeness (QED) is 0.874. The molecule has 0 aliphatic heterocycles. The van der Waals surface area contributed by atoms with Gasteiger partial charge >= 0.3 is 0 Å². The van der Waals surface area contributed by atoms with Crippen LogP contribution in [-0.2, 0) is 4.79 Å². The molecule has 0 saturated heterocycles. The molecule has 17 heavy (non-hydrogen) atoms. The zero-order valence-electron chi connectivity index (χ0n) is 9.75. The first kappa shape index (κ1) is 14.2. The Morgan fingerprint density at radius 2 is 2.18 bits per heavy atom. The Balaban J connectivity index is 2.27. The molecule has 94 valence electrons. The molecule has 6 heteroatoms. The highest BCUT2D eigenvalue weighted by molar-refractivity contribution is 9.11. The average Bonchev–Trinajstić information content (AvgIpc) is 2.63. The first-order valence-corrected chi connectivity index (χ1v) is 6.98. The molecule has 2 N–H and O–H groups in total. The molecule has 4 nitrogen and oxygen atoms in total. The van der Waals surface area contributed by atoms with Crippen LogP contribution in [0.2, 0.25) is 0 Å². The molecule has 1 heterocycles. The molecule has 1 aromatic rings. The lowest BCUT2D eigenvalue weighted by atomic mass is 10.3. The highest BCUT2D eigenvalue weighted by atomic mass is 79.9. The number of halogens is 1. The van der Waals surface area contributed by atoms with Gasteiger partial charge in [0.05, 0.1) is 9.35 Å². The van der Waals surface area contributed by atoms with Crippen LogP contribution in [0.3, 0.4) is 0 Å². The van der Waals surface area contributed by atoms with Gasteiger partial charge in [-0.2, -0.15) is 0 Å². The van der Waals surface area contributed by atoms with Gasteiger partial charge in [-0.05, 0) is 35.8 Å². The van der Waals surface area contributed by atoms with Crippen LogP contribution < -0.4 is 10.6 Å². The van der Waals surface area contributed by atoms with Crippen LogP contribution in [0.15, 0.2) is 15.2 Å². The van der Waals surface area contributed by atoms with Gasteiger partial charge in [0.25, 0.3) is 5.91 Å². The summed E-state index contributed by atoms with van der Waals surface area (Å²) in [5.74, 6) is -0.198. The first-order valence-electron chi connectivity index (χ1n) is 5.30. The number of nitrogens with one attached hydrogen (secondary N) is 2. The zero-order chi connectivity index (χ0) is 12.8. The Bertz CT molecular complexity index is 404. The molecule has 0 aromatic carbocycles. The standard InChI is InChI=1S/C11H15BrN2O2S/c1-7(2)14-10(15)3-4-13-11(16)8-5-9(12)17-6-8/h5-7H,3-4H2,1-2H3,(H,13,16)(H,14,15). The molecular formula is C11H15BrN2O2S. The van der Waals surface area contributed by atoms with Gasteiger partial charge in [0.1, 0.15) is 0 Å². The third-order valence-electron chi connectivity index (χ3n) is 1.92. The molecule has 0 spiro atoms. The molecule has 0 bridgehead atoms. The van der Waals surface area contributed by atoms with E-state index in [4.69, 9.17) is 0 Å². The minimum atomic E-state index is -0.149. The van der Waals surface area contributed by atoms with E-state index >= 15 is 0 Å². The van der Waals surface area contributed by atoms with E-state index in [-0.39, 0.29) is 17.9 Å². The van der Waals surface area contributed by atoms with Crippen LogP contribution in [-0.4, -0.2) is 24.4 Å². The summed E-state index contributed by atoms with van der Waals surface area (Å²) in [5.41, 5.74) is 0.617. The number of carbonyl (C=O) groups excluding carboxylic acids is 2. The topological polar surface area (TPSA) is 58.2 Å². The lowest BCUT2D eigenvalue weighted by Crippen LogP contribution is -2.34. The predicted octanol–water partition coefficient (Wildman–Crippen LogP) is 2.16. The number of amides is 2. The highest BCUT2D eigenvalue weighted by Gasteiger charge is 2.08. The Kier molecular flexibility index (Phi) is 5.64. The number of hydrogen-bond acceptors (Lipinski definition) is 3. The Hall–Kier alpha value is -0.880. The molecule has 0 saturated carbocycles. The van der Waals surface area contributed by atoms with Crippen LogP contribution in [0.5, 0.6) is 0 Å². The molecule has 0 aliphatic carbocycles. The van der Waals surface area contributed by atoms with E-state index in [9.17, 15) is 9.59 Å². The van der Waals surface area contributed by atoms with Crippen molar-refractivity contribution in [3.63, 3.8) is 0 Å². The molecule has 0 aliphatic rings. The summed E-state index contributed by atoms with van der Waals surface area (Å²) in [7, 11) is 0. The van der Waals surface area contributed by atoms with E-state index < -0.39 is 0 Å². The van der Waals surface area contributed by atoms with Crippen molar-refractivity contribution in [2.24, 2.45) is 0 Å². The summed E-state index contributed by atoms with van der Waals surface area (Å²) in [5, 5.41) is 7.24. The van der Waals surface area contributed by atoms with Crippen molar-refractivity contribution < 1.29 is 9.59 Å². The maximum absolute atomic E-state index is 11.6. The SMILES string of the molecule is CC(C)NC(=O)CCNC(=O)c1csc(Br)c1. The van der Waals surface area contributed by atoms with Crippen molar-refractivity contribution in [2.45, 2.75) is 26.3 Å². The summed E-state index contributed by atoms with van der Waals surface area (Å²) in [6.45, 7) is 4.16. The fraction of sp³-hybridized carbons (Fsp3) is 0.455. The fourth-order valence-electron chi connectivity index (χ4n) is 1.21. The van der Waals surface area contributed by atoms with Crippen molar-refractivity contribution in [2.75, 3.05) is 6.54 Å². The number of thiophene rings is 1. The van der Waals surface area contributed by atoms with Crippen molar-refractivity contribution >= 4 is 39.1 Å². The van der Waals surface area contributed by atoms with Gasteiger partial charge in [-0.15, -0.1) is 11.3 Å². The van der Waals surface area contributed by atoms with Crippen molar-refractivity contribution in [1.29, 1.82) is 0 Å². The Morgan fingerprint density at radius 3 is 2.71 bits per heavy atom. The molecule has 0 fully saturated rings. The second kappa shape index (κ2) is 6.76. The predicted molar refractivity (Wildman–Crippen MR) is 72.2 cm³/mol. The van der Waals surface area contributed by atoms with Crippen LogP contribution in [0.25, 0.3) is 0 Å². The second-order valence-electron chi connectivity index (χ2n) is 3.87. The highest BCUT2D eigenvalue weighted by Crippen LogP contribution is 2.20. The number of carbonyl (C=O) groups is 2. The maximum Gasteiger partial charge on any atom is 0.252 e. The first-order chi connectivity index (χ1) is 7.99.